The Bertz CT molecular complexity index is 1060. The summed E-state index contributed by atoms with van der Waals surface area (Å²) in [5.41, 5.74) is 3.54. The number of ether oxygens (including phenoxy) is 1. The predicted octanol–water partition coefficient (Wildman–Crippen LogP) is 4.82. The molecule has 0 unspecified atom stereocenters. The molecule has 4 rings (SSSR count). The third kappa shape index (κ3) is 3.71. The Morgan fingerprint density at radius 2 is 2.04 bits per heavy atom. The van der Waals surface area contributed by atoms with E-state index in [4.69, 9.17) is 16.3 Å². The zero-order valence-electron chi connectivity index (χ0n) is 14.8. The highest BCUT2D eigenvalue weighted by atomic mass is 35.5. The summed E-state index contributed by atoms with van der Waals surface area (Å²) in [4.78, 5) is 12.9. The molecule has 4 aromatic rings. The predicted molar refractivity (Wildman–Crippen MR) is 107 cm³/mol. The third-order valence-corrected chi connectivity index (χ3v) is 4.48. The second kappa shape index (κ2) is 7.63. The van der Waals surface area contributed by atoms with Gasteiger partial charge in [0.1, 0.15) is 24.2 Å². The Hall–Kier alpha value is -3.12. The lowest BCUT2D eigenvalue weighted by atomic mass is 10.3. The number of anilines is 2. The molecule has 1 aromatic carbocycles. The van der Waals surface area contributed by atoms with E-state index >= 15 is 0 Å². The van der Waals surface area contributed by atoms with Crippen LogP contribution in [0.15, 0.2) is 61.2 Å². The Labute approximate surface area is 161 Å². The van der Waals surface area contributed by atoms with Crippen LogP contribution in [-0.2, 0) is 13.2 Å². The number of aromatic nitrogens is 4. The summed E-state index contributed by atoms with van der Waals surface area (Å²) in [5, 5.41) is 3.85. The monoisotopic (exact) mass is 379 g/mol. The Morgan fingerprint density at radius 3 is 2.81 bits per heavy atom. The highest BCUT2D eigenvalue weighted by Gasteiger charge is 2.10. The quantitative estimate of drug-likeness (QED) is 0.520. The molecule has 0 spiro atoms. The molecule has 0 radical (unpaired) electrons. The number of nitrogens with zero attached hydrogens (tertiary/aromatic N) is 4. The van der Waals surface area contributed by atoms with Crippen molar-refractivity contribution in [1.29, 1.82) is 0 Å². The van der Waals surface area contributed by atoms with E-state index in [2.05, 4.69) is 31.8 Å². The average molecular weight is 380 g/mol. The minimum Gasteiger partial charge on any atom is -0.486 e. The maximum atomic E-state index is 6.39. The molecule has 3 aromatic heterocycles. The summed E-state index contributed by atoms with van der Waals surface area (Å²) >= 11 is 6.39. The molecule has 0 aliphatic heterocycles. The van der Waals surface area contributed by atoms with Crippen LogP contribution in [0.2, 0.25) is 5.02 Å². The number of aryl methyl sites for hydroxylation is 1. The summed E-state index contributed by atoms with van der Waals surface area (Å²) in [7, 11) is 0. The van der Waals surface area contributed by atoms with E-state index in [1.807, 2.05) is 48.7 Å². The van der Waals surface area contributed by atoms with Gasteiger partial charge < -0.3 is 14.6 Å². The summed E-state index contributed by atoms with van der Waals surface area (Å²) in [6, 6.07) is 13.3. The zero-order chi connectivity index (χ0) is 18.6. The number of nitrogens with one attached hydrogen (secondary N) is 1. The van der Waals surface area contributed by atoms with Crippen LogP contribution in [-0.4, -0.2) is 19.5 Å². The first-order valence-corrected chi connectivity index (χ1v) is 9.01. The summed E-state index contributed by atoms with van der Waals surface area (Å²) in [6.45, 7) is 3.29. The third-order valence-electron chi connectivity index (χ3n) is 4.19. The summed E-state index contributed by atoms with van der Waals surface area (Å²) in [6.07, 6.45) is 5.30. The van der Waals surface area contributed by atoms with E-state index in [1.54, 1.807) is 12.5 Å². The van der Waals surface area contributed by atoms with Crippen molar-refractivity contribution in [3.63, 3.8) is 0 Å². The van der Waals surface area contributed by atoms with Crippen LogP contribution < -0.4 is 10.1 Å². The van der Waals surface area contributed by atoms with Crippen LogP contribution >= 0.6 is 11.6 Å². The molecule has 27 heavy (non-hydrogen) atoms. The van der Waals surface area contributed by atoms with Crippen molar-refractivity contribution < 1.29 is 4.74 Å². The minimum absolute atomic E-state index is 0.365. The Morgan fingerprint density at radius 1 is 1.11 bits per heavy atom. The van der Waals surface area contributed by atoms with Crippen LogP contribution in [0.1, 0.15) is 12.6 Å². The molecule has 136 valence electrons. The van der Waals surface area contributed by atoms with Gasteiger partial charge in [0, 0.05) is 24.6 Å². The van der Waals surface area contributed by atoms with Gasteiger partial charge in [0.05, 0.1) is 16.2 Å². The van der Waals surface area contributed by atoms with E-state index < -0.39 is 0 Å². The van der Waals surface area contributed by atoms with Crippen molar-refractivity contribution >= 4 is 34.1 Å². The smallest absolute Gasteiger partial charge is 0.158 e. The van der Waals surface area contributed by atoms with Crippen molar-refractivity contribution in [2.75, 3.05) is 5.32 Å². The molecule has 3 heterocycles. The Kier molecular flexibility index (Phi) is 4.89. The van der Waals surface area contributed by atoms with Crippen molar-refractivity contribution in [2.24, 2.45) is 0 Å². The largest absolute Gasteiger partial charge is 0.486 e. The first kappa shape index (κ1) is 17.3. The first-order chi connectivity index (χ1) is 13.2. The second-order valence-corrected chi connectivity index (χ2v) is 6.35. The molecule has 1 N–H and O–H groups in total. The number of halogens is 1. The summed E-state index contributed by atoms with van der Waals surface area (Å²) in [5.74, 6) is 1.35. The van der Waals surface area contributed by atoms with Crippen LogP contribution in [0.5, 0.6) is 5.75 Å². The van der Waals surface area contributed by atoms with Crippen LogP contribution in [0.4, 0.5) is 11.5 Å². The highest BCUT2D eigenvalue weighted by Crippen LogP contribution is 2.31. The fraction of sp³-hybridized carbons (Fsp3) is 0.150. The van der Waals surface area contributed by atoms with Crippen LogP contribution in [0.25, 0.3) is 11.0 Å². The van der Waals surface area contributed by atoms with Crippen LogP contribution in [0, 0.1) is 0 Å². The maximum absolute atomic E-state index is 6.39. The van der Waals surface area contributed by atoms with Gasteiger partial charge in [-0.2, -0.15) is 0 Å². The highest BCUT2D eigenvalue weighted by molar-refractivity contribution is 6.32. The molecule has 0 bridgehead atoms. The van der Waals surface area contributed by atoms with Gasteiger partial charge in [0.2, 0.25) is 0 Å². The standard InChI is InChI=1S/C20H18ClN5O/c1-2-26-10-8-17-19(26)20(24-13-23-17)25-14-6-7-18(16(21)11-14)27-12-15-5-3-4-9-22-15/h3-11,13H,2,12H2,1H3,(H,23,24,25). The minimum atomic E-state index is 0.365. The van der Waals surface area contributed by atoms with E-state index in [0.717, 1.165) is 34.8 Å². The Balaban J connectivity index is 1.54. The molecule has 0 aliphatic rings. The molecule has 0 saturated carbocycles. The number of hydrogen-bond acceptors (Lipinski definition) is 5. The lowest BCUT2D eigenvalue weighted by Crippen LogP contribution is -2.01. The van der Waals surface area contributed by atoms with E-state index in [1.165, 1.54) is 0 Å². The molecule has 6 nitrogen and oxygen atoms in total. The van der Waals surface area contributed by atoms with Gasteiger partial charge in [-0.25, -0.2) is 9.97 Å². The van der Waals surface area contributed by atoms with Crippen LogP contribution in [0.3, 0.4) is 0 Å². The van der Waals surface area contributed by atoms with Gasteiger partial charge in [0.25, 0.3) is 0 Å². The van der Waals surface area contributed by atoms with Crippen molar-refractivity contribution in [1.82, 2.24) is 19.5 Å². The number of benzene rings is 1. The fourth-order valence-electron chi connectivity index (χ4n) is 2.86. The van der Waals surface area contributed by atoms with Crippen molar-refractivity contribution in [2.45, 2.75) is 20.1 Å². The number of pyridine rings is 1. The van der Waals surface area contributed by atoms with Gasteiger partial charge in [0.15, 0.2) is 5.82 Å². The second-order valence-electron chi connectivity index (χ2n) is 5.94. The average Bonchev–Trinajstić information content (AvgIpc) is 3.12. The lowest BCUT2D eigenvalue weighted by Gasteiger charge is -2.12. The number of hydrogen-bond donors (Lipinski definition) is 1. The first-order valence-electron chi connectivity index (χ1n) is 8.63. The van der Waals surface area contributed by atoms with Gasteiger partial charge in [-0.1, -0.05) is 17.7 Å². The molecular formula is C20H18ClN5O. The molecule has 0 fully saturated rings. The lowest BCUT2D eigenvalue weighted by molar-refractivity contribution is 0.301. The topological polar surface area (TPSA) is 64.9 Å². The SMILES string of the molecule is CCn1ccc2ncnc(Nc3ccc(OCc4ccccn4)c(Cl)c3)c21. The fourth-order valence-corrected chi connectivity index (χ4v) is 3.09. The molecule has 0 amide bonds. The molecular weight excluding hydrogens is 362 g/mol. The molecule has 0 saturated heterocycles. The zero-order valence-corrected chi connectivity index (χ0v) is 15.5. The maximum Gasteiger partial charge on any atom is 0.158 e. The van der Waals surface area contributed by atoms with E-state index in [0.29, 0.717) is 17.4 Å². The molecule has 0 atom stereocenters. The van der Waals surface area contributed by atoms with Gasteiger partial charge in [-0.3, -0.25) is 4.98 Å². The van der Waals surface area contributed by atoms with Crippen molar-refractivity contribution in [3.8, 4) is 5.75 Å². The molecule has 7 heteroatoms. The summed E-state index contributed by atoms with van der Waals surface area (Å²) < 4.78 is 7.87. The van der Waals surface area contributed by atoms with E-state index in [9.17, 15) is 0 Å². The van der Waals surface area contributed by atoms with E-state index in [-0.39, 0.29) is 0 Å². The molecule has 0 aliphatic carbocycles. The van der Waals surface area contributed by atoms with Gasteiger partial charge >= 0.3 is 0 Å². The normalized spacial score (nSPS) is 10.9. The van der Waals surface area contributed by atoms with Gasteiger partial charge in [-0.15, -0.1) is 0 Å². The van der Waals surface area contributed by atoms with Crippen molar-refractivity contribution in [3.05, 3.63) is 71.9 Å². The number of fused-ring (bicyclic) bond motifs is 1. The van der Waals surface area contributed by atoms with Gasteiger partial charge in [-0.05, 0) is 43.3 Å². The number of rotatable bonds is 6.